The van der Waals surface area contributed by atoms with Crippen LogP contribution < -0.4 is 4.90 Å². The summed E-state index contributed by atoms with van der Waals surface area (Å²) < 4.78 is 0. The van der Waals surface area contributed by atoms with Crippen molar-refractivity contribution in [3.8, 4) is 0 Å². The maximum absolute atomic E-state index is 6.07. The number of aromatic nitrogens is 2. The molecular formula is C25H26ClN3. The number of hydrogen-bond donors (Lipinski definition) is 1. The van der Waals surface area contributed by atoms with Crippen molar-refractivity contribution >= 4 is 28.3 Å². The second kappa shape index (κ2) is 9.15. The number of alkyl halides is 1. The topological polar surface area (TPSA) is 31.9 Å². The Morgan fingerprint density at radius 3 is 2.14 bits per heavy atom. The molecule has 2 heterocycles. The predicted molar refractivity (Wildman–Crippen MR) is 122 cm³/mol. The van der Waals surface area contributed by atoms with Crippen LogP contribution in [0, 0.1) is 5.92 Å². The molecule has 2 aromatic carbocycles. The highest BCUT2D eigenvalue weighted by Gasteiger charge is 2.17. The molecule has 0 fully saturated rings. The number of rotatable bonds is 8. The van der Waals surface area contributed by atoms with E-state index in [1.54, 1.807) is 0 Å². The van der Waals surface area contributed by atoms with Gasteiger partial charge in [0.1, 0.15) is 0 Å². The van der Waals surface area contributed by atoms with Gasteiger partial charge in [0.15, 0.2) is 5.82 Å². The molecule has 0 aliphatic carbocycles. The van der Waals surface area contributed by atoms with Gasteiger partial charge in [0, 0.05) is 36.2 Å². The van der Waals surface area contributed by atoms with Crippen LogP contribution in [0.2, 0.25) is 0 Å². The van der Waals surface area contributed by atoms with Gasteiger partial charge in [-0.05, 0) is 35.6 Å². The van der Waals surface area contributed by atoms with Crippen LogP contribution in [-0.4, -0.2) is 15.8 Å². The number of aromatic amines is 1. The van der Waals surface area contributed by atoms with Gasteiger partial charge in [0.25, 0.3) is 0 Å². The Morgan fingerprint density at radius 1 is 0.931 bits per heavy atom. The average Bonchev–Trinajstić information content (AvgIpc) is 3.23. The SMILES string of the molecule is CC(CCl)Cc1cc2cc[nH]c2c(N(Cc2ccccc2)Cc2ccccc2)n1. The summed E-state index contributed by atoms with van der Waals surface area (Å²) in [6.45, 7) is 3.76. The molecule has 4 rings (SSSR count). The van der Waals surface area contributed by atoms with E-state index in [0.29, 0.717) is 11.8 Å². The standard InChI is InChI=1S/C25H26ClN3/c1-19(16-26)14-23-15-22-12-13-27-24(22)25(28-23)29(17-20-8-4-2-5-9-20)18-21-10-6-3-7-11-21/h2-13,15,19,27H,14,16-18H2,1H3. The lowest BCUT2D eigenvalue weighted by atomic mass is 10.1. The van der Waals surface area contributed by atoms with Gasteiger partial charge < -0.3 is 9.88 Å². The fraction of sp³-hybridized carbons (Fsp3) is 0.240. The van der Waals surface area contributed by atoms with Crippen molar-refractivity contribution in [3.63, 3.8) is 0 Å². The van der Waals surface area contributed by atoms with Gasteiger partial charge >= 0.3 is 0 Å². The van der Waals surface area contributed by atoms with Gasteiger partial charge in [0.2, 0.25) is 0 Å². The number of anilines is 1. The Balaban J connectivity index is 1.76. The molecule has 4 aromatic rings. The molecule has 3 nitrogen and oxygen atoms in total. The quantitative estimate of drug-likeness (QED) is 0.356. The van der Waals surface area contributed by atoms with Crippen molar-refractivity contribution in [1.82, 2.24) is 9.97 Å². The summed E-state index contributed by atoms with van der Waals surface area (Å²) in [4.78, 5) is 10.9. The summed E-state index contributed by atoms with van der Waals surface area (Å²) in [6, 6.07) is 25.5. The van der Waals surface area contributed by atoms with Gasteiger partial charge in [-0.1, -0.05) is 67.6 Å². The summed E-state index contributed by atoms with van der Waals surface area (Å²) in [5.74, 6) is 2.03. The highest BCUT2D eigenvalue weighted by molar-refractivity contribution is 6.18. The van der Waals surface area contributed by atoms with Crippen molar-refractivity contribution in [2.45, 2.75) is 26.4 Å². The molecule has 0 amide bonds. The van der Waals surface area contributed by atoms with Crippen molar-refractivity contribution in [1.29, 1.82) is 0 Å². The molecule has 0 saturated carbocycles. The van der Waals surface area contributed by atoms with Crippen LogP contribution in [-0.2, 0) is 19.5 Å². The van der Waals surface area contributed by atoms with E-state index in [9.17, 15) is 0 Å². The van der Waals surface area contributed by atoms with Crippen molar-refractivity contribution in [2.24, 2.45) is 5.92 Å². The minimum atomic E-state index is 0.394. The molecule has 148 valence electrons. The summed E-state index contributed by atoms with van der Waals surface area (Å²) >= 11 is 6.07. The molecule has 0 saturated heterocycles. The number of pyridine rings is 1. The van der Waals surface area contributed by atoms with Crippen LogP contribution in [0.25, 0.3) is 10.9 Å². The zero-order valence-corrected chi connectivity index (χ0v) is 17.4. The highest BCUT2D eigenvalue weighted by atomic mass is 35.5. The fourth-order valence-corrected chi connectivity index (χ4v) is 3.77. The zero-order valence-electron chi connectivity index (χ0n) is 16.7. The first-order valence-electron chi connectivity index (χ1n) is 10.1. The monoisotopic (exact) mass is 403 g/mol. The van der Waals surface area contributed by atoms with Gasteiger partial charge in [-0.2, -0.15) is 0 Å². The Kier molecular flexibility index (Phi) is 6.16. The van der Waals surface area contributed by atoms with E-state index < -0.39 is 0 Å². The largest absolute Gasteiger partial charge is 0.358 e. The van der Waals surface area contributed by atoms with E-state index in [4.69, 9.17) is 16.6 Å². The number of nitrogens with one attached hydrogen (secondary N) is 1. The number of fused-ring (bicyclic) bond motifs is 1. The van der Waals surface area contributed by atoms with Crippen LogP contribution >= 0.6 is 11.6 Å². The molecule has 1 atom stereocenters. The molecule has 0 aliphatic heterocycles. The Morgan fingerprint density at radius 2 is 1.55 bits per heavy atom. The minimum absolute atomic E-state index is 0.394. The molecular weight excluding hydrogens is 378 g/mol. The maximum atomic E-state index is 6.07. The number of hydrogen-bond acceptors (Lipinski definition) is 2. The van der Waals surface area contributed by atoms with Crippen LogP contribution in [0.3, 0.4) is 0 Å². The predicted octanol–water partition coefficient (Wildman–Crippen LogP) is 6.19. The summed E-state index contributed by atoms with van der Waals surface area (Å²) in [5.41, 5.74) is 4.71. The molecule has 0 radical (unpaired) electrons. The lowest BCUT2D eigenvalue weighted by molar-refractivity contribution is 0.641. The normalized spacial score (nSPS) is 12.2. The van der Waals surface area contributed by atoms with Crippen LogP contribution in [0.5, 0.6) is 0 Å². The number of nitrogens with zero attached hydrogens (tertiary/aromatic N) is 2. The lowest BCUT2D eigenvalue weighted by Crippen LogP contribution is -2.24. The molecule has 2 aromatic heterocycles. The number of benzene rings is 2. The van der Waals surface area contributed by atoms with E-state index in [1.807, 2.05) is 6.20 Å². The Hall–Kier alpha value is -2.78. The maximum Gasteiger partial charge on any atom is 0.153 e. The summed E-state index contributed by atoms with van der Waals surface area (Å²) in [7, 11) is 0. The van der Waals surface area contributed by atoms with Crippen molar-refractivity contribution < 1.29 is 0 Å². The summed E-state index contributed by atoms with van der Waals surface area (Å²) in [5, 5.41) is 1.19. The molecule has 1 unspecified atom stereocenters. The van der Waals surface area contributed by atoms with E-state index in [0.717, 1.165) is 36.5 Å². The molecule has 4 heteroatoms. The minimum Gasteiger partial charge on any atom is -0.358 e. The Labute approximate surface area is 177 Å². The van der Waals surface area contributed by atoms with Gasteiger partial charge in [0.05, 0.1) is 5.52 Å². The first-order chi connectivity index (χ1) is 14.2. The smallest absolute Gasteiger partial charge is 0.153 e. The summed E-state index contributed by atoms with van der Waals surface area (Å²) in [6.07, 6.45) is 2.87. The van der Waals surface area contributed by atoms with Gasteiger partial charge in [-0.15, -0.1) is 11.6 Å². The van der Waals surface area contributed by atoms with E-state index in [2.05, 4.69) is 89.6 Å². The third-order valence-electron chi connectivity index (χ3n) is 5.13. The van der Waals surface area contributed by atoms with Gasteiger partial charge in [-0.3, -0.25) is 0 Å². The van der Waals surface area contributed by atoms with Gasteiger partial charge in [-0.25, -0.2) is 4.98 Å². The van der Waals surface area contributed by atoms with E-state index >= 15 is 0 Å². The number of H-pyrrole nitrogens is 1. The molecule has 29 heavy (non-hydrogen) atoms. The molecule has 0 bridgehead atoms. The fourth-order valence-electron chi connectivity index (χ4n) is 3.66. The third kappa shape index (κ3) is 4.80. The van der Waals surface area contributed by atoms with E-state index in [1.165, 1.54) is 16.5 Å². The van der Waals surface area contributed by atoms with Crippen LogP contribution in [0.1, 0.15) is 23.7 Å². The third-order valence-corrected chi connectivity index (χ3v) is 5.65. The first kappa shape index (κ1) is 19.5. The number of halogens is 1. The van der Waals surface area contributed by atoms with Crippen LogP contribution in [0.15, 0.2) is 79.0 Å². The molecule has 0 aliphatic rings. The lowest BCUT2D eigenvalue weighted by Gasteiger charge is -2.25. The van der Waals surface area contributed by atoms with Crippen molar-refractivity contribution in [3.05, 3.63) is 95.8 Å². The first-order valence-corrected chi connectivity index (χ1v) is 10.6. The second-order valence-corrected chi connectivity index (χ2v) is 7.98. The molecule has 0 spiro atoms. The molecule has 1 N–H and O–H groups in total. The highest BCUT2D eigenvalue weighted by Crippen LogP contribution is 2.28. The van der Waals surface area contributed by atoms with Crippen molar-refractivity contribution in [2.75, 3.05) is 10.8 Å². The second-order valence-electron chi connectivity index (χ2n) is 7.67. The van der Waals surface area contributed by atoms with E-state index in [-0.39, 0.29) is 0 Å². The average molecular weight is 404 g/mol. The van der Waals surface area contributed by atoms with Crippen LogP contribution in [0.4, 0.5) is 5.82 Å². The Bertz CT molecular complexity index is 1000. The zero-order chi connectivity index (χ0) is 20.1.